The summed E-state index contributed by atoms with van der Waals surface area (Å²) in [6.45, 7) is 5.91. The van der Waals surface area contributed by atoms with Crippen molar-refractivity contribution in [2.45, 2.75) is 27.3 Å². The zero-order chi connectivity index (χ0) is 21.0. The van der Waals surface area contributed by atoms with Gasteiger partial charge in [-0.25, -0.2) is 9.18 Å². The maximum absolute atomic E-state index is 13.5. The Balaban J connectivity index is 2.04. The normalized spacial score (nSPS) is 10.6. The molecule has 0 atom stereocenters. The van der Waals surface area contributed by atoms with Crippen LogP contribution in [0.2, 0.25) is 0 Å². The first-order valence-corrected chi connectivity index (χ1v) is 9.40. The summed E-state index contributed by atoms with van der Waals surface area (Å²) < 4.78 is 20.5. The van der Waals surface area contributed by atoms with Crippen molar-refractivity contribution in [2.75, 3.05) is 11.9 Å². The first-order chi connectivity index (χ1) is 13.9. The minimum Gasteiger partial charge on any atom is -0.461 e. The minimum absolute atomic E-state index is 0.235. The van der Waals surface area contributed by atoms with Gasteiger partial charge in [-0.3, -0.25) is 4.79 Å². The molecule has 6 heteroatoms. The number of ether oxygens (including phenoxy) is 1. The second-order valence-corrected chi connectivity index (χ2v) is 6.69. The van der Waals surface area contributed by atoms with Gasteiger partial charge in [-0.15, -0.1) is 0 Å². The molecule has 1 N–H and O–H groups in total. The molecule has 3 rings (SSSR count). The molecule has 0 saturated heterocycles. The number of halogens is 1. The van der Waals surface area contributed by atoms with Crippen molar-refractivity contribution in [1.29, 1.82) is 0 Å². The van der Waals surface area contributed by atoms with Crippen molar-refractivity contribution in [3.63, 3.8) is 0 Å². The van der Waals surface area contributed by atoms with Crippen molar-refractivity contribution in [3.05, 3.63) is 88.5 Å². The Bertz CT molecular complexity index is 1040. The van der Waals surface area contributed by atoms with E-state index in [1.54, 1.807) is 31.4 Å². The Morgan fingerprint density at radius 3 is 2.45 bits per heavy atom. The summed E-state index contributed by atoms with van der Waals surface area (Å²) >= 11 is 0. The summed E-state index contributed by atoms with van der Waals surface area (Å²) in [5.74, 6) is -1.32. The van der Waals surface area contributed by atoms with Crippen LogP contribution in [0.3, 0.4) is 0 Å². The molecule has 0 unspecified atom stereocenters. The predicted octanol–water partition coefficient (Wildman–Crippen LogP) is 4.72. The van der Waals surface area contributed by atoms with Gasteiger partial charge in [0.05, 0.1) is 12.2 Å². The van der Waals surface area contributed by atoms with Crippen LogP contribution >= 0.6 is 0 Å². The van der Waals surface area contributed by atoms with Gasteiger partial charge in [0.15, 0.2) is 0 Å². The third-order valence-electron chi connectivity index (χ3n) is 4.73. The Morgan fingerprint density at radius 2 is 1.79 bits per heavy atom. The van der Waals surface area contributed by atoms with Gasteiger partial charge in [-0.2, -0.15) is 0 Å². The van der Waals surface area contributed by atoms with E-state index >= 15 is 0 Å². The molecule has 0 aliphatic rings. The number of hydrogen-bond acceptors (Lipinski definition) is 3. The lowest BCUT2D eigenvalue weighted by atomic mass is 10.1. The van der Waals surface area contributed by atoms with E-state index in [1.165, 1.54) is 18.2 Å². The average molecular weight is 394 g/mol. The largest absolute Gasteiger partial charge is 0.461 e. The number of aromatic nitrogens is 1. The summed E-state index contributed by atoms with van der Waals surface area (Å²) in [4.78, 5) is 25.6. The molecule has 0 radical (unpaired) electrons. The number of nitrogens with zero attached hydrogens (tertiary/aromatic N) is 1. The Hall–Kier alpha value is -3.41. The van der Waals surface area contributed by atoms with Crippen molar-refractivity contribution in [1.82, 2.24) is 4.57 Å². The number of carbonyl (C=O) groups is 2. The fourth-order valence-electron chi connectivity index (χ4n) is 3.42. The smallest absolute Gasteiger partial charge is 0.355 e. The van der Waals surface area contributed by atoms with Gasteiger partial charge < -0.3 is 14.6 Å². The minimum atomic E-state index is -0.478. The molecule has 2 aromatic carbocycles. The van der Waals surface area contributed by atoms with Gasteiger partial charge >= 0.3 is 5.97 Å². The molecule has 0 spiro atoms. The summed E-state index contributed by atoms with van der Waals surface area (Å²) in [6, 6.07) is 15.4. The second-order valence-electron chi connectivity index (χ2n) is 6.69. The predicted molar refractivity (Wildman–Crippen MR) is 110 cm³/mol. The lowest BCUT2D eigenvalue weighted by Crippen LogP contribution is -2.15. The number of benzene rings is 2. The molecule has 1 amide bonds. The molecular weight excluding hydrogens is 371 g/mol. The molecule has 0 aliphatic heterocycles. The summed E-state index contributed by atoms with van der Waals surface area (Å²) in [7, 11) is 0. The second kappa shape index (κ2) is 8.73. The van der Waals surface area contributed by atoms with Gasteiger partial charge in [-0.1, -0.05) is 36.4 Å². The zero-order valence-electron chi connectivity index (χ0n) is 16.7. The molecule has 1 heterocycles. The molecule has 3 aromatic rings. The van der Waals surface area contributed by atoms with Gasteiger partial charge in [-0.05, 0) is 50.1 Å². The van der Waals surface area contributed by atoms with Crippen LogP contribution in [-0.2, 0) is 11.3 Å². The lowest BCUT2D eigenvalue weighted by Gasteiger charge is -2.12. The highest BCUT2D eigenvalue weighted by Gasteiger charge is 2.27. The van der Waals surface area contributed by atoms with E-state index in [4.69, 9.17) is 4.74 Å². The van der Waals surface area contributed by atoms with Crippen LogP contribution in [0.5, 0.6) is 0 Å². The number of rotatable bonds is 6. The van der Waals surface area contributed by atoms with E-state index in [0.29, 0.717) is 34.7 Å². The fourth-order valence-corrected chi connectivity index (χ4v) is 3.42. The number of hydrogen-bond donors (Lipinski definition) is 1. The molecule has 0 saturated carbocycles. The Kier molecular flexibility index (Phi) is 6.12. The van der Waals surface area contributed by atoms with Crippen molar-refractivity contribution in [3.8, 4) is 0 Å². The van der Waals surface area contributed by atoms with E-state index in [-0.39, 0.29) is 6.61 Å². The molecule has 5 nitrogen and oxygen atoms in total. The van der Waals surface area contributed by atoms with E-state index in [2.05, 4.69) is 5.32 Å². The van der Waals surface area contributed by atoms with E-state index in [1.807, 2.05) is 30.3 Å². The zero-order valence-corrected chi connectivity index (χ0v) is 16.7. The van der Waals surface area contributed by atoms with Crippen LogP contribution in [0.25, 0.3) is 0 Å². The van der Waals surface area contributed by atoms with Crippen LogP contribution in [0.1, 0.15) is 44.6 Å². The van der Waals surface area contributed by atoms with Crippen LogP contribution < -0.4 is 5.32 Å². The Labute approximate surface area is 169 Å². The van der Waals surface area contributed by atoms with Crippen LogP contribution in [0.15, 0.2) is 54.6 Å². The third-order valence-corrected chi connectivity index (χ3v) is 4.73. The molecule has 0 fully saturated rings. The fraction of sp³-hybridized carbons (Fsp3) is 0.217. The molecule has 150 valence electrons. The first-order valence-electron chi connectivity index (χ1n) is 9.40. The number of anilines is 1. The lowest BCUT2D eigenvalue weighted by molar-refractivity contribution is 0.0513. The van der Waals surface area contributed by atoms with Crippen molar-refractivity contribution < 1.29 is 18.7 Å². The van der Waals surface area contributed by atoms with E-state index < -0.39 is 17.7 Å². The Morgan fingerprint density at radius 1 is 1.07 bits per heavy atom. The van der Waals surface area contributed by atoms with Crippen molar-refractivity contribution in [2.24, 2.45) is 0 Å². The topological polar surface area (TPSA) is 60.3 Å². The number of amides is 1. The monoisotopic (exact) mass is 394 g/mol. The number of esters is 1. The molecule has 29 heavy (non-hydrogen) atoms. The van der Waals surface area contributed by atoms with Crippen LogP contribution in [0.4, 0.5) is 10.1 Å². The van der Waals surface area contributed by atoms with Crippen molar-refractivity contribution >= 4 is 17.6 Å². The van der Waals surface area contributed by atoms with E-state index in [9.17, 15) is 14.0 Å². The summed E-state index contributed by atoms with van der Waals surface area (Å²) in [5.41, 5.74) is 3.25. The quantitative estimate of drug-likeness (QED) is 0.616. The van der Waals surface area contributed by atoms with Crippen LogP contribution in [-0.4, -0.2) is 23.1 Å². The van der Waals surface area contributed by atoms with Gasteiger partial charge in [0.25, 0.3) is 5.91 Å². The molecular formula is C23H23FN2O3. The summed E-state index contributed by atoms with van der Waals surface area (Å²) in [6.07, 6.45) is 0. The highest BCUT2D eigenvalue weighted by molar-refractivity contribution is 6.08. The van der Waals surface area contributed by atoms with Gasteiger partial charge in [0.2, 0.25) is 0 Å². The number of nitrogens with one attached hydrogen (secondary N) is 1. The third kappa shape index (κ3) is 4.37. The van der Waals surface area contributed by atoms with Gasteiger partial charge in [0, 0.05) is 17.9 Å². The molecule has 1 aromatic heterocycles. The average Bonchev–Trinajstić information content (AvgIpc) is 2.92. The molecule has 0 aliphatic carbocycles. The summed E-state index contributed by atoms with van der Waals surface area (Å²) in [5, 5.41) is 2.71. The maximum atomic E-state index is 13.5. The maximum Gasteiger partial charge on any atom is 0.355 e. The highest BCUT2D eigenvalue weighted by Crippen LogP contribution is 2.26. The highest BCUT2D eigenvalue weighted by atomic mass is 19.1. The standard InChI is InChI=1S/C23H23FN2O3/c1-4-29-23(28)21-15(2)20(22(27)25-19-12-8-11-18(24)13-19)16(3)26(21)14-17-9-6-5-7-10-17/h5-13H,4,14H2,1-3H3,(H,25,27). The first kappa shape index (κ1) is 20.3. The van der Waals surface area contributed by atoms with Crippen LogP contribution in [0, 0.1) is 19.7 Å². The SMILES string of the molecule is CCOC(=O)c1c(C)c(C(=O)Nc2cccc(F)c2)c(C)n1Cc1ccccc1. The van der Waals surface area contributed by atoms with Gasteiger partial charge in [0.1, 0.15) is 11.5 Å². The molecule has 0 bridgehead atoms. The number of carbonyl (C=O) groups excluding carboxylic acids is 2. The van der Waals surface area contributed by atoms with E-state index in [0.717, 1.165) is 5.56 Å².